The van der Waals surface area contributed by atoms with Gasteiger partial charge in [0.2, 0.25) is 0 Å². The third-order valence-corrected chi connectivity index (χ3v) is 2.66. The predicted octanol–water partition coefficient (Wildman–Crippen LogP) is 2.05. The molecule has 0 aliphatic heterocycles. The van der Waals surface area contributed by atoms with Crippen LogP contribution < -0.4 is 10.1 Å². The Kier molecular flexibility index (Phi) is 4.79. The molecule has 114 valence electrons. The highest BCUT2D eigenvalue weighted by Crippen LogP contribution is 2.22. The van der Waals surface area contributed by atoms with Gasteiger partial charge in [0, 0.05) is 26.6 Å². The quantitative estimate of drug-likeness (QED) is 0.830. The van der Waals surface area contributed by atoms with Gasteiger partial charge in [-0.25, -0.2) is 4.98 Å². The van der Waals surface area contributed by atoms with Gasteiger partial charge in [0.25, 0.3) is 0 Å². The van der Waals surface area contributed by atoms with Crippen molar-refractivity contribution in [2.75, 3.05) is 6.54 Å². The molecular formula is C13H15F3N4O. The standard InChI is InChI=1S/C13H15F3N4O/c1-20-9-18-12(19-20)6-7-17-8-10-2-4-11(5-3-10)21-13(14,15)16/h2-5,9,17H,6-8H2,1H3. The average molecular weight is 300 g/mol. The molecule has 5 nitrogen and oxygen atoms in total. The fourth-order valence-electron chi connectivity index (χ4n) is 1.74. The fourth-order valence-corrected chi connectivity index (χ4v) is 1.74. The summed E-state index contributed by atoms with van der Waals surface area (Å²) in [6, 6.07) is 5.77. The molecule has 0 spiro atoms. The van der Waals surface area contributed by atoms with Crippen molar-refractivity contribution in [3.8, 4) is 5.75 Å². The molecule has 0 amide bonds. The van der Waals surface area contributed by atoms with Crippen LogP contribution in [0.3, 0.4) is 0 Å². The first-order valence-corrected chi connectivity index (χ1v) is 6.32. The summed E-state index contributed by atoms with van der Waals surface area (Å²) in [6.07, 6.45) is -2.33. The molecule has 1 aromatic carbocycles. The molecule has 0 saturated heterocycles. The van der Waals surface area contributed by atoms with Gasteiger partial charge in [-0.3, -0.25) is 4.68 Å². The molecule has 1 N–H and O–H groups in total. The number of nitrogens with zero attached hydrogens (tertiary/aromatic N) is 3. The van der Waals surface area contributed by atoms with E-state index < -0.39 is 6.36 Å². The van der Waals surface area contributed by atoms with E-state index in [1.807, 2.05) is 0 Å². The van der Waals surface area contributed by atoms with Crippen LogP contribution in [0.1, 0.15) is 11.4 Å². The molecule has 8 heteroatoms. The lowest BCUT2D eigenvalue weighted by Gasteiger charge is -2.09. The number of hydrogen-bond donors (Lipinski definition) is 1. The largest absolute Gasteiger partial charge is 0.573 e. The highest BCUT2D eigenvalue weighted by molar-refractivity contribution is 5.27. The highest BCUT2D eigenvalue weighted by Gasteiger charge is 2.30. The number of aromatic nitrogens is 3. The summed E-state index contributed by atoms with van der Waals surface area (Å²) in [5, 5.41) is 7.32. The third kappa shape index (κ3) is 5.42. The van der Waals surface area contributed by atoms with E-state index in [2.05, 4.69) is 20.1 Å². The minimum Gasteiger partial charge on any atom is -0.406 e. The van der Waals surface area contributed by atoms with Crippen molar-refractivity contribution >= 4 is 0 Å². The van der Waals surface area contributed by atoms with Crippen LogP contribution in [-0.4, -0.2) is 27.7 Å². The number of benzene rings is 1. The maximum Gasteiger partial charge on any atom is 0.573 e. The van der Waals surface area contributed by atoms with E-state index in [0.717, 1.165) is 11.4 Å². The normalized spacial score (nSPS) is 11.6. The van der Waals surface area contributed by atoms with Gasteiger partial charge in [0.1, 0.15) is 12.1 Å². The van der Waals surface area contributed by atoms with Crippen LogP contribution in [0.15, 0.2) is 30.6 Å². The van der Waals surface area contributed by atoms with Crippen molar-refractivity contribution < 1.29 is 17.9 Å². The smallest absolute Gasteiger partial charge is 0.406 e. The molecule has 0 aliphatic carbocycles. The van der Waals surface area contributed by atoms with E-state index in [0.29, 0.717) is 19.5 Å². The Morgan fingerprint density at radius 3 is 2.52 bits per heavy atom. The molecular weight excluding hydrogens is 285 g/mol. The summed E-state index contributed by atoms with van der Waals surface area (Å²) in [6.45, 7) is 1.24. The summed E-state index contributed by atoms with van der Waals surface area (Å²) in [4.78, 5) is 4.09. The summed E-state index contributed by atoms with van der Waals surface area (Å²) in [7, 11) is 1.80. The molecule has 0 unspecified atom stereocenters. The Balaban J connectivity index is 1.73. The fraction of sp³-hybridized carbons (Fsp3) is 0.385. The summed E-state index contributed by atoms with van der Waals surface area (Å²) >= 11 is 0. The van der Waals surface area contributed by atoms with Crippen LogP contribution >= 0.6 is 0 Å². The second kappa shape index (κ2) is 6.57. The van der Waals surface area contributed by atoms with Gasteiger partial charge in [-0.05, 0) is 17.7 Å². The van der Waals surface area contributed by atoms with Gasteiger partial charge in [-0.15, -0.1) is 13.2 Å². The van der Waals surface area contributed by atoms with E-state index in [-0.39, 0.29) is 5.75 Å². The third-order valence-electron chi connectivity index (χ3n) is 2.66. The minimum atomic E-state index is -4.66. The zero-order valence-corrected chi connectivity index (χ0v) is 11.4. The van der Waals surface area contributed by atoms with Crippen LogP contribution in [0.2, 0.25) is 0 Å². The Labute approximate surface area is 119 Å². The Morgan fingerprint density at radius 2 is 1.95 bits per heavy atom. The van der Waals surface area contributed by atoms with Crippen LogP contribution in [0.5, 0.6) is 5.75 Å². The van der Waals surface area contributed by atoms with Crippen molar-refractivity contribution in [2.24, 2.45) is 7.05 Å². The van der Waals surface area contributed by atoms with Gasteiger partial charge in [0.15, 0.2) is 5.82 Å². The lowest BCUT2D eigenvalue weighted by Crippen LogP contribution is -2.18. The highest BCUT2D eigenvalue weighted by atomic mass is 19.4. The molecule has 0 fully saturated rings. The first kappa shape index (κ1) is 15.3. The van der Waals surface area contributed by atoms with E-state index in [1.165, 1.54) is 12.1 Å². The zero-order chi connectivity index (χ0) is 15.3. The number of rotatable bonds is 6. The van der Waals surface area contributed by atoms with Crippen LogP contribution in [-0.2, 0) is 20.0 Å². The van der Waals surface area contributed by atoms with Crippen LogP contribution in [0, 0.1) is 0 Å². The molecule has 0 saturated carbocycles. The molecule has 0 aliphatic rings. The lowest BCUT2D eigenvalue weighted by atomic mass is 10.2. The van der Waals surface area contributed by atoms with Crippen molar-refractivity contribution in [3.05, 3.63) is 42.0 Å². The summed E-state index contributed by atoms with van der Waals surface area (Å²) in [5.74, 6) is 0.530. The van der Waals surface area contributed by atoms with Gasteiger partial charge >= 0.3 is 6.36 Å². The number of ether oxygens (including phenoxy) is 1. The van der Waals surface area contributed by atoms with Crippen molar-refractivity contribution in [1.82, 2.24) is 20.1 Å². The number of alkyl halides is 3. The van der Waals surface area contributed by atoms with E-state index in [9.17, 15) is 13.2 Å². The van der Waals surface area contributed by atoms with Crippen LogP contribution in [0.4, 0.5) is 13.2 Å². The van der Waals surface area contributed by atoms with Gasteiger partial charge in [0.05, 0.1) is 0 Å². The molecule has 0 radical (unpaired) electrons. The monoisotopic (exact) mass is 300 g/mol. The second-order valence-electron chi connectivity index (χ2n) is 4.45. The Morgan fingerprint density at radius 1 is 1.24 bits per heavy atom. The van der Waals surface area contributed by atoms with Crippen molar-refractivity contribution in [1.29, 1.82) is 0 Å². The number of halogens is 3. The van der Waals surface area contributed by atoms with Crippen LogP contribution in [0.25, 0.3) is 0 Å². The minimum absolute atomic E-state index is 0.219. The summed E-state index contributed by atoms with van der Waals surface area (Å²) < 4.78 is 41.5. The number of aryl methyl sites for hydroxylation is 1. The second-order valence-corrected chi connectivity index (χ2v) is 4.45. The van der Waals surface area contributed by atoms with Gasteiger partial charge in [-0.2, -0.15) is 5.10 Å². The molecule has 21 heavy (non-hydrogen) atoms. The first-order valence-electron chi connectivity index (χ1n) is 6.32. The predicted molar refractivity (Wildman–Crippen MR) is 69.5 cm³/mol. The number of hydrogen-bond acceptors (Lipinski definition) is 4. The SMILES string of the molecule is Cn1cnc(CCNCc2ccc(OC(F)(F)F)cc2)n1. The van der Waals surface area contributed by atoms with Gasteiger partial charge < -0.3 is 10.1 Å². The average Bonchev–Trinajstić information content (AvgIpc) is 2.81. The van der Waals surface area contributed by atoms with E-state index in [1.54, 1.807) is 30.2 Å². The first-order chi connectivity index (χ1) is 9.92. The zero-order valence-electron chi connectivity index (χ0n) is 11.4. The molecule has 1 aromatic heterocycles. The van der Waals surface area contributed by atoms with Crippen molar-refractivity contribution in [2.45, 2.75) is 19.3 Å². The Bertz CT molecular complexity index is 566. The van der Waals surface area contributed by atoms with Gasteiger partial charge in [-0.1, -0.05) is 12.1 Å². The molecule has 0 atom stereocenters. The van der Waals surface area contributed by atoms with Crippen molar-refractivity contribution in [3.63, 3.8) is 0 Å². The topological polar surface area (TPSA) is 52.0 Å². The Hall–Kier alpha value is -2.09. The molecule has 2 rings (SSSR count). The number of nitrogens with one attached hydrogen (secondary N) is 1. The lowest BCUT2D eigenvalue weighted by molar-refractivity contribution is -0.274. The van der Waals surface area contributed by atoms with E-state index in [4.69, 9.17) is 0 Å². The van der Waals surface area contributed by atoms with E-state index >= 15 is 0 Å². The summed E-state index contributed by atoms with van der Waals surface area (Å²) in [5.41, 5.74) is 0.874. The molecule has 2 aromatic rings. The maximum absolute atomic E-state index is 12.0. The maximum atomic E-state index is 12.0. The molecule has 1 heterocycles. The molecule has 0 bridgehead atoms.